The topological polar surface area (TPSA) is 108 Å². The maximum absolute atomic E-state index is 12.1. The summed E-state index contributed by atoms with van der Waals surface area (Å²) in [7, 11) is -7.73. The predicted molar refractivity (Wildman–Crippen MR) is 57.6 cm³/mol. The van der Waals surface area contributed by atoms with Crippen LogP contribution in [0.15, 0.2) is 0 Å². The number of hydrogen-bond donors (Lipinski definition) is 2. The maximum Gasteiger partial charge on any atom is 0.403 e. The lowest BCUT2D eigenvalue weighted by Crippen LogP contribution is -2.38. The Labute approximate surface area is 95.5 Å². The maximum atomic E-state index is 12.1. The zero-order valence-electron chi connectivity index (χ0n) is 9.74. The third-order valence-electron chi connectivity index (χ3n) is 1.90. The molecule has 98 valence electrons. The summed E-state index contributed by atoms with van der Waals surface area (Å²) in [6.45, 7) is 3.88. The van der Waals surface area contributed by atoms with E-state index < -0.39 is 20.6 Å². The highest BCUT2D eigenvalue weighted by Gasteiger charge is 2.64. The van der Waals surface area contributed by atoms with Gasteiger partial charge in [0.05, 0.1) is 13.2 Å². The van der Waals surface area contributed by atoms with E-state index in [1.54, 1.807) is 0 Å². The molecule has 9 heteroatoms. The van der Waals surface area contributed by atoms with Crippen molar-refractivity contribution in [1.29, 1.82) is 0 Å². The van der Waals surface area contributed by atoms with Crippen molar-refractivity contribution in [2.75, 3.05) is 20.3 Å². The van der Waals surface area contributed by atoms with Crippen LogP contribution < -0.4 is 4.89 Å². The first kappa shape index (κ1) is 16.4. The quantitative estimate of drug-likeness (QED) is 0.658. The lowest BCUT2D eigenvalue weighted by atomic mass is 10.9. The van der Waals surface area contributed by atoms with E-state index in [4.69, 9.17) is 9.05 Å². The van der Waals surface area contributed by atoms with E-state index in [-0.39, 0.29) is 13.2 Å². The van der Waals surface area contributed by atoms with Gasteiger partial charge in [-0.2, -0.15) is 0 Å². The average Bonchev–Trinajstić information content (AvgIpc) is 2.18. The first-order valence-electron chi connectivity index (χ1n) is 4.68. The van der Waals surface area contributed by atoms with Gasteiger partial charge in [0.25, 0.3) is 7.94 Å². The Morgan fingerprint density at radius 1 is 1.38 bits per heavy atom. The van der Waals surface area contributed by atoms with Gasteiger partial charge < -0.3 is 19.4 Å². The summed E-state index contributed by atoms with van der Waals surface area (Å²) in [5, 5.41) is 7.28. The molecule has 0 aliphatic heterocycles. The fourth-order valence-corrected chi connectivity index (χ4v) is 4.37. The van der Waals surface area contributed by atoms with Gasteiger partial charge >= 0.3 is 12.7 Å². The van der Waals surface area contributed by atoms with Gasteiger partial charge in [0.2, 0.25) is 0 Å². The Kier molecular flexibility index (Phi) is 6.00. The molecule has 0 aromatic carbocycles. The third kappa shape index (κ3) is 3.00. The van der Waals surface area contributed by atoms with Crippen LogP contribution in [0.1, 0.15) is 20.8 Å². The molecule has 0 rings (SSSR count). The van der Waals surface area contributed by atoms with Crippen LogP contribution in [0, 0.1) is 0 Å². The van der Waals surface area contributed by atoms with Gasteiger partial charge in [-0.1, -0.05) is 0 Å². The smallest absolute Gasteiger partial charge is 0.403 e. The second-order valence-corrected chi connectivity index (χ2v) is 8.02. The van der Waals surface area contributed by atoms with E-state index in [2.05, 4.69) is 4.52 Å². The average molecular weight is 276 g/mol. The lowest BCUT2D eigenvalue weighted by Gasteiger charge is -2.38. The van der Waals surface area contributed by atoms with Crippen LogP contribution in [-0.2, 0) is 18.1 Å². The van der Waals surface area contributed by atoms with E-state index in [0.717, 1.165) is 14.0 Å². The minimum absolute atomic E-state index is 0.0306. The Morgan fingerprint density at radius 3 is 2.00 bits per heavy atom. The van der Waals surface area contributed by atoms with Crippen LogP contribution >= 0.6 is 15.5 Å². The molecule has 2 unspecified atom stereocenters. The second kappa shape index (κ2) is 5.85. The molecule has 0 radical (unpaired) electrons. The molecule has 0 fully saturated rings. The van der Waals surface area contributed by atoms with Crippen LogP contribution in [0.2, 0.25) is 0 Å². The minimum Gasteiger partial charge on any atom is -0.629 e. The molecule has 0 aliphatic rings. The molecule has 0 aromatic rings. The number of hydrogen-bond acceptors (Lipinski definition) is 6. The summed E-state index contributed by atoms with van der Waals surface area (Å²) in [6.07, 6.45) is 0. The Morgan fingerprint density at radius 2 is 1.75 bits per heavy atom. The highest BCUT2D eigenvalue weighted by Crippen LogP contribution is 2.76. The SMILES string of the molecule is CCO[P+]([O-])(OCC)C(C)(O)P(=O)(O)OC. The molecule has 0 bridgehead atoms. The van der Waals surface area contributed by atoms with E-state index in [1.165, 1.54) is 13.8 Å². The van der Waals surface area contributed by atoms with E-state index >= 15 is 0 Å². The van der Waals surface area contributed by atoms with Crippen molar-refractivity contribution < 1.29 is 33.0 Å². The van der Waals surface area contributed by atoms with Gasteiger partial charge in [0, 0.05) is 14.0 Å². The van der Waals surface area contributed by atoms with Crippen molar-refractivity contribution in [3.05, 3.63) is 0 Å². The van der Waals surface area contributed by atoms with Gasteiger partial charge in [-0.25, -0.2) is 9.05 Å². The summed E-state index contributed by atoms with van der Waals surface area (Å²) < 4.78 is 25.4. The van der Waals surface area contributed by atoms with Gasteiger partial charge in [-0.3, -0.25) is 4.57 Å². The molecule has 0 saturated carbocycles. The van der Waals surface area contributed by atoms with Crippen LogP contribution in [0.4, 0.5) is 0 Å². The summed E-state index contributed by atoms with van der Waals surface area (Å²) in [5.41, 5.74) is 0. The molecule has 0 aliphatic carbocycles. The first-order valence-corrected chi connectivity index (χ1v) is 7.80. The van der Waals surface area contributed by atoms with Crippen molar-refractivity contribution in [1.82, 2.24) is 0 Å². The predicted octanol–water partition coefficient (Wildman–Crippen LogP) is 0.680. The van der Waals surface area contributed by atoms with Crippen molar-refractivity contribution in [2.45, 2.75) is 25.9 Å². The molecule has 0 spiro atoms. The van der Waals surface area contributed by atoms with E-state index in [0.29, 0.717) is 0 Å². The summed E-state index contributed by atoms with van der Waals surface area (Å²) in [6, 6.07) is 0. The Hall–Kier alpha value is 0.420. The summed E-state index contributed by atoms with van der Waals surface area (Å²) in [5.74, 6) is 0. The molecule has 7 nitrogen and oxygen atoms in total. The van der Waals surface area contributed by atoms with Crippen molar-refractivity contribution in [3.63, 3.8) is 0 Å². The summed E-state index contributed by atoms with van der Waals surface area (Å²) >= 11 is 0. The highest BCUT2D eigenvalue weighted by molar-refractivity contribution is 7.76. The van der Waals surface area contributed by atoms with E-state index in [9.17, 15) is 19.5 Å². The Bertz CT molecular complexity index is 261. The normalized spacial score (nSPS) is 20.2. The molecule has 0 saturated heterocycles. The standard InChI is InChI=1S/C7H18O7P2/c1-5-13-16(11,14-6-2)7(3,8)15(9,10)12-4/h8H,5-6H2,1-4H3,(H,9,10). The van der Waals surface area contributed by atoms with Gasteiger partial charge in [0.15, 0.2) is 0 Å². The van der Waals surface area contributed by atoms with Gasteiger partial charge in [-0.05, 0) is 13.8 Å². The van der Waals surface area contributed by atoms with Crippen LogP contribution in [0.5, 0.6) is 0 Å². The third-order valence-corrected chi connectivity index (χ3v) is 7.19. The molecular formula is C7H18O7P2. The molecule has 0 aromatic heterocycles. The number of rotatable bonds is 7. The fourth-order valence-electron chi connectivity index (χ4n) is 0.949. The zero-order chi connectivity index (χ0) is 13.0. The van der Waals surface area contributed by atoms with Crippen LogP contribution in [-0.4, -0.2) is 35.4 Å². The van der Waals surface area contributed by atoms with Crippen molar-refractivity contribution >= 4 is 15.5 Å². The van der Waals surface area contributed by atoms with Gasteiger partial charge in [-0.15, -0.1) is 0 Å². The largest absolute Gasteiger partial charge is 0.629 e. The monoisotopic (exact) mass is 276 g/mol. The highest BCUT2D eigenvalue weighted by atomic mass is 31.3. The zero-order valence-corrected chi connectivity index (χ0v) is 11.5. The Balaban J connectivity index is 5.26. The molecule has 0 heterocycles. The lowest BCUT2D eigenvalue weighted by molar-refractivity contribution is -0.231. The molecule has 2 atom stereocenters. The van der Waals surface area contributed by atoms with Crippen LogP contribution in [0.3, 0.4) is 0 Å². The molecule has 0 amide bonds. The minimum atomic E-state index is -4.51. The van der Waals surface area contributed by atoms with Gasteiger partial charge in [0.1, 0.15) is 0 Å². The molecule has 16 heavy (non-hydrogen) atoms. The molecular weight excluding hydrogens is 258 g/mol. The number of aliphatic hydroxyl groups is 1. The van der Waals surface area contributed by atoms with Crippen LogP contribution in [0.25, 0.3) is 0 Å². The second-order valence-electron chi connectivity index (χ2n) is 3.01. The molecule has 2 N–H and O–H groups in total. The summed E-state index contributed by atoms with van der Waals surface area (Å²) in [4.78, 5) is 21.5. The van der Waals surface area contributed by atoms with Crippen molar-refractivity contribution in [3.8, 4) is 0 Å². The van der Waals surface area contributed by atoms with E-state index in [1.807, 2.05) is 0 Å². The fraction of sp³-hybridized carbons (Fsp3) is 1.00. The van der Waals surface area contributed by atoms with Crippen molar-refractivity contribution in [2.24, 2.45) is 0 Å². The first-order chi connectivity index (χ1) is 7.18.